The van der Waals surface area contributed by atoms with E-state index in [0.29, 0.717) is 12.4 Å². The number of hydrogen-bond donors (Lipinski definition) is 0. The number of rotatable bonds is 3. The van der Waals surface area contributed by atoms with Crippen molar-refractivity contribution in [3.63, 3.8) is 0 Å². The summed E-state index contributed by atoms with van der Waals surface area (Å²) in [7, 11) is 0. The number of likely N-dealkylation sites (tertiary alicyclic amines) is 1. The molecule has 1 unspecified atom stereocenters. The van der Waals surface area contributed by atoms with Crippen LogP contribution in [0.5, 0.6) is 0 Å². The Morgan fingerprint density at radius 2 is 1.59 bits per heavy atom. The molecule has 0 bridgehead atoms. The second-order valence-electron chi connectivity index (χ2n) is 10.9. The maximum atomic E-state index is 13.3. The summed E-state index contributed by atoms with van der Waals surface area (Å²) in [5.74, 6) is 0.606. The monoisotopic (exact) mass is 445 g/mol. The molecule has 0 aromatic carbocycles. The molecule has 1 saturated carbocycles. The van der Waals surface area contributed by atoms with E-state index in [-0.39, 0.29) is 24.3 Å². The Balaban J connectivity index is 1.98. The molecule has 2 fully saturated rings. The zero-order chi connectivity index (χ0) is 23.5. The van der Waals surface area contributed by atoms with Crippen LogP contribution in [0.15, 0.2) is 18.3 Å². The number of hydrogen-bond acceptors (Lipinski definition) is 5. The molecule has 1 atom stereocenters. The molecule has 1 aromatic rings. The predicted octanol–water partition coefficient (Wildman–Crippen LogP) is 6.23. The van der Waals surface area contributed by atoms with Gasteiger partial charge in [0, 0.05) is 24.3 Å². The van der Waals surface area contributed by atoms with Gasteiger partial charge in [-0.3, -0.25) is 4.90 Å². The molecule has 7 heteroatoms. The van der Waals surface area contributed by atoms with Crippen molar-refractivity contribution in [2.24, 2.45) is 0 Å². The summed E-state index contributed by atoms with van der Waals surface area (Å²) in [4.78, 5) is 34.6. The number of nitrogens with zero attached hydrogens (tertiary/aromatic N) is 3. The van der Waals surface area contributed by atoms with E-state index < -0.39 is 11.2 Å². The largest absolute Gasteiger partial charge is 0.444 e. The molecule has 1 aliphatic carbocycles. The van der Waals surface area contributed by atoms with Gasteiger partial charge in [-0.2, -0.15) is 0 Å². The van der Waals surface area contributed by atoms with E-state index in [4.69, 9.17) is 9.47 Å². The van der Waals surface area contributed by atoms with Crippen LogP contribution >= 0.6 is 0 Å². The minimum atomic E-state index is -0.601. The number of carbonyl (C=O) groups is 2. The smallest absolute Gasteiger partial charge is 0.416 e. The highest BCUT2D eigenvalue weighted by Gasteiger charge is 2.38. The number of piperidine rings is 1. The Bertz CT molecular complexity index is 806. The fraction of sp³-hybridized carbons (Fsp3) is 0.720. The summed E-state index contributed by atoms with van der Waals surface area (Å²) in [6, 6.07) is 3.73. The molecule has 3 rings (SSSR count). The Morgan fingerprint density at radius 1 is 0.969 bits per heavy atom. The summed E-state index contributed by atoms with van der Waals surface area (Å²) in [6.07, 6.45) is 7.80. The highest BCUT2D eigenvalue weighted by molar-refractivity contribution is 5.88. The maximum absolute atomic E-state index is 13.3. The quantitative estimate of drug-likeness (QED) is 0.552. The highest BCUT2D eigenvalue weighted by atomic mass is 16.6. The molecular formula is C25H39N3O4. The van der Waals surface area contributed by atoms with Crippen molar-refractivity contribution in [2.75, 3.05) is 11.4 Å². The van der Waals surface area contributed by atoms with Crippen LogP contribution in [-0.2, 0) is 9.47 Å². The standard InChI is InChI=1S/C25H39N3O4/c1-24(2,3)31-22(29)27-17-10-9-15-20(27)19-14-11-16-26-21(19)28(18-12-7-8-13-18)23(30)32-25(4,5)6/h11,14,16,18,20H,7-10,12-13,15,17H2,1-6H3. The minimum Gasteiger partial charge on any atom is -0.444 e. The van der Waals surface area contributed by atoms with Gasteiger partial charge >= 0.3 is 12.2 Å². The summed E-state index contributed by atoms with van der Waals surface area (Å²) in [5, 5.41) is 0. The number of carbonyl (C=O) groups excluding carboxylic acids is 2. The zero-order valence-electron chi connectivity index (χ0n) is 20.5. The van der Waals surface area contributed by atoms with Gasteiger partial charge in [0.05, 0.1) is 6.04 Å². The first kappa shape index (κ1) is 24.3. The molecule has 1 aliphatic heterocycles. The highest BCUT2D eigenvalue weighted by Crippen LogP contribution is 2.39. The van der Waals surface area contributed by atoms with Crippen molar-refractivity contribution < 1.29 is 19.1 Å². The van der Waals surface area contributed by atoms with Gasteiger partial charge < -0.3 is 14.4 Å². The van der Waals surface area contributed by atoms with Gasteiger partial charge in [-0.1, -0.05) is 18.9 Å². The summed E-state index contributed by atoms with van der Waals surface area (Å²) in [6.45, 7) is 11.9. The van der Waals surface area contributed by atoms with E-state index >= 15 is 0 Å². The second kappa shape index (κ2) is 9.67. The molecule has 1 saturated heterocycles. The molecule has 0 N–H and O–H groups in total. The van der Waals surface area contributed by atoms with Crippen molar-refractivity contribution in [3.8, 4) is 0 Å². The molecule has 0 radical (unpaired) electrons. The van der Waals surface area contributed by atoms with Crippen LogP contribution < -0.4 is 4.90 Å². The minimum absolute atomic E-state index is 0.0528. The molecule has 2 heterocycles. The Kier molecular flexibility index (Phi) is 7.36. The Hall–Kier alpha value is -2.31. The first-order chi connectivity index (χ1) is 15.0. The van der Waals surface area contributed by atoms with Gasteiger partial charge in [0.25, 0.3) is 0 Å². The van der Waals surface area contributed by atoms with Gasteiger partial charge in [-0.15, -0.1) is 0 Å². The Morgan fingerprint density at radius 3 is 2.22 bits per heavy atom. The van der Waals surface area contributed by atoms with Crippen LogP contribution in [-0.4, -0.2) is 45.9 Å². The number of amides is 2. The molecule has 1 aromatic heterocycles. The molecule has 0 spiro atoms. The van der Waals surface area contributed by atoms with Crippen LogP contribution in [0.1, 0.15) is 98.1 Å². The third-order valence-electron chi connectivity index (χ3n) is 5.81. The van der Waals surface area contributed by atoms with Gasteiger partial charge in [-0.25, -0.2) is 14.6 Å². The lowest BCUT2D eigenvalue weighted by atomic mass is 9.95. The summed E-state index contributed by atoms with van der Waals surface area (Å²) in [5.41, 5.74) is -0.282. The SMILES string of the molecule is CC(C)(C)OC(=O)N1CCCCC1c1cccnc1N(C(=O)OC(C)(C)C)C1CCCC1. The lowest BCUT2D eigenvalue weighted by Gasteiger charge is -2.39. The van der Waals surface area contributed by atoms with Crippen LogP contribution in [0.3, 0.4) is 0 Å². The molecule has 178 valence electrons. The van der Waals surface area contributed by atoms with E-state index in [1.54, 1.807) is 16.0 Å². The molecule has 7 nitrogen and oxygen atoms in total. The average Bonchev–Trinajstić information content (AvgIpc) is 3.20. The summed E-state index contributed by atoms with van der Waals surface area (Å²) >= 11 is 0. The second-order valence-corrected chi connectivity index (χ2v) is 10.9. The van der Waals surface area contributed by atoms with Crippen LogP contribution in [0.2, 0.25) is 0 Å². The molecule has 32 heavy (non-hydrogen) atoms. The van der Waals surface area contributed by atoms with Crippen molar-refractivity contribution in [2.45, 2.75) is 110 Å². The first-order valence-corrected chi connectivity index (χ1v) is 11.9. The topological polar surface area (TPSA) is 72.0 Å². The van der Waals surface area contributed by atoms with Gasteiger partial charge in [0.2, 0.25) is 0 Å². The van der Waals surface area contributed by atoms with E-state index in [9.17, 15) is 9.59 Å². The van der Waals surface area contributed by atoms with Gasteiger partial charge in [0.15, 0.2) is 0 Å². The van der Waals surface area contributed by atoms with Crippen molar-refractivity contribution in [1.29, 1.82) is 0 Å². The third-order valence-corrected chi connectivity index (χ3v) is 5.81. The van der Waals surface area contributed by atoms with E-state index in [2.05, 4.69) is 4.98 Å². The fourth-order valence-electron chi connectivity index (χ4n) is 4.55. The van der Waals surface area contributed by atoms with Crippen molar-refractivity contribution in [3.05, 3.63) is 23.9 Å². The number of pyridine rings is 1. The normalized spacial score (nSPS) is 20.2. The van der Waals surface area contributed by atoms with Crippen molar-refractivity contribution >= 4 is 18.0 Å². The van der Waals surface area contributed by atoms with Crippen molar-refractivity contribution in [1.82, 2.24) is 9.88 Å². The zero-order valence-corrected chi connectivity index (χ0v) is 20.5. The number of ether oxygens (including phenoxy) is 2. The van der Waals surface area contributed by atoms with Gasteiger partial charge in [0.1, 0.15) is 17.0 Å². The Labute approximate surface area is 192 Å². The summed E-state index contributed by atoms with van der Waals surface area (Å²) < 4.78 is 11.5. The van der Waals surface area contributed by atoms with Crippen LogP contribution in [0.25, 0.3) is 0 Å². The number of anilines is 1. The number of aromatic nitrogens is 1. The van der Waals surface area contributed by atoms with Gasteiger partial charge in [-0.05, 0) is 79.7 Å². The maximum Gasteiger partial charge on any atom is 0.416 e. The fourth-order valence-corrected chi connectivity index (χ4v) is 4.55. The lowest BCUT2D eigenvalue weighted by Crippen LogP contribution is -2.45. The van der Waals surface area contributed by atoms with Crippen LogP contribution in [0.4, 0.5) is 15.4 Å². The first-order valence-electron chi connectivity index (χ1n) is 11.9. The average molecular weight is 446 g/mol. The van der Waals surface area contributed by atoms with Crippen LogP contribution in [0, 0.1) is 0 Å². The third kappa shape index (κ3) is 6.14. The molecular weight excluding hydrogens is 406 g/mol. The molecule has 2 amide bonds. The predicted molar refractivity (Wildman–Crippen MR) is 125 cm³/mol. The lowest BCUT2D eigenvalue weighted by molar-refractivity contribution is 0.00955. The van der Waals surface area contributed by atoms with E-state index in [1.165, 1.54) is 0 Å². The van der Waals surface area contributed by atoms with E-state index in [0.717, 1.165) is 50.5 Å². The van der Waals surface area contributed by atoms with E-state index in [1.807, 2.05) is 53.7 Å². The molecule has 2 aliphatic rings.